The molecule has 0 saturated heterocycles. The number of halogens is 4. The molecule has 24 heavy (non-hydrogen) atoms. The monoisotopic (exact) mass is 390 g/mol. The van der Waals surface area contributed by atoms with Crippen molar-refractivity contribution in [1.29, 1.82) is 0 Å². The van der Waals surface area contributed by atoms with Crippen molar-refractivity contribution in [3.05, 3.63) is 51.1 Å². The van der Waals surface area contributed by atoms with Crippen LogP contribution in [0, 0.1) is 0 Å². The lowest BCUT2D eigenvalue weighted by Gasteiger charge is -2.08. The van der Waals surface area contributed by atoms with Gasteiger partial charge in [-0.3, -0.25) is 0 Å². The second kappa shape index (κ2) is 6.73. The zero-order valence-corrected chi connectivity index (χ0v) is 14.6. The summed E-state index contributed by atoms with van der Waals surface area (Å²) in [4.78, 5) is 4.94. The van der Waals surface area contributed by atoms with E-state index in [1.165, 1.54) is 0 Å². The average molecular weight is 391 g/mol. The smallest absolute Gasteiger partial charge is 0.309 e. The van der Waals surface area contributed by atoms with E-state index in [9.17, 15) is 13.2 Å². The Labute approximate surface area is 148 Å². The van der Waals surface area contributed by atoms with Crippen LogP contribution in [-0.4, -0.2) is 19.7 Å². The van der Waals surface area contributed by atoms with Crippen molar-refractivity contribution < 1.29 is 13.2 Å². The van der Waals surface area contributed by atoms with Crippen LogP contribution in [0.1, 0.15) is 16.3 Å². The fourth-order valence-electron chi connectivity index (χ4n) is 1.90. The summed E-state index contributed by atoms with van der Waals surface area (Å²) in [5.74, 6) is 0.753. The Balaban J connectivity index is 1.80. The lowest BCUT2D eigenvalue weighted by molar-refractivity contribution is -0.137. The molecule has 0 aliphatic carbocycles. The van der Waals surface area contributed by atoms with Gasteiger partial charge in [-0.2, -0.15) is 13.2 Å². The zero-order chi connectivity index (χ0) is 17.3. The summed E-state index contributed by atoms with van der Waals surface area (Å²) < 4.78 is 39.7. The Morgan fingerprint density at radius 3 is 2.75 bits per heavy atom. The molecular weight excluding hydrogens is 381 g/mol. The molecule has 0 aliphatic heterocycles. The number of alkyl halides is 3. The lowest BCUT2D eigenvalue weighted by atomic mass is 10.3. The third kappa shape index (κ3) is 3.73. The molecule has 0 amide bonds. The fourth-order valence-corrected chi connectivity index (χ4v) is 3.64. The van der Waals surface area contributed by atoms with Crippen LogP contribution in [0.15, 0.2) is 40.0 Å². The van der Waals surface area contributed by atoms with Crippen LogP contribution in [0.2, 0.25) is 5.02 Å². The summed E-state index contributed by atoms with van der Waals surface area (Å²) in [6, 6.07) is 4.82. The summed E-state index contributed by atoms with van der Waals surface area (Å²) in [5.41, 5.74) is -0.881. The summed E-state index contributed by atoms with van der Waals surface area (Å²) in [7, 11) is 1.79. The molecule has 0 aliphatic rings. The van der Waals surface area contributed by atoms with Crippen molar-refractivity contribution in [2.24, 2.45) is 7.05 Å². The van der Waals surface area contributed by atoms with E-state index in [0.29, 0.717) is 11.6 Å². The van der Waals surface area contributed by atoms with Crippen LogP contribution in [-0.2, 0) is 19.6 Å². The van der Waals surface area contributed by atoms with Crippen molar-refractivity contribution >= 4 is 34.7 Å². The molecule has 3 heterocycles. The highest BCUT2D eigenvalue weighted by atomic mass is 35.5. The molecule has 0 radical (unpaired) electrons. The van der Waals surface area contributed by atoms with Gasteiger partial charge in [-0.15, -0.1) is 21.5 Å². The highest BCUT2D eigenvalue weighted by molar-refractivity contribution is 7.99. The number of hydrogen-bond acceptors (Lipinski definition) is 5. The van der Waals surface area contributed by atoms with Gasteiger partial charge < -0.3 is 4.57 Å². The van der Waals surface area contributed by atoms with Crippen LogP contribution in [0.25, 0.3) is 0 Å². The number of nitrogens with zero attached hydrogens (tertiary/aromatic N) is 4. The van der Waals surface area contributed by atoms with Gasteiger partial charge in [0.05, 0.1) is 10.6 Å². The predicted octanol–water partition coefficient (Wildman–Crippen LogP) is 4.69. The standard InChI is InChI=1S/C14H10ClF3N4S2/c1-22-11(6-9-3-2-4-23-9)20-21-13(22)24-12-10(15)5-8(7-19-12)14(16,17)18/h2-5,7H,6H2,1H3. The number of hydrogen-bond donors (Lipinski definition) is 0. The van der Waals surface area contributed by atoms with E-state index in [-0.39, 0.29) is 10.0 Å². The second-order valence-electron chi connectivity index (χ2n) is 4.82. The number of thiophene rings is 1. The maximum Gasteiger partial charge on any atom is 0.417 e. The van der Waals surface area contributed by atoms with E-state index in [1.807, 2.05) is 17.5 Å². The molecule has 0 saturated carbocycles. The van der Waals surface area contributed by atoms with Gasteiger partial charge in [0.25, 0.3) is 0 Å². The van der Waals surface area contributed by atoms with Crippen LogP contribution < -0.4 is 0 Å². The minimum Gasteiger partial charge on any atom is -0.309 e. The van der Waals surface area contributed by atoms with Gasteiger partial charge in [-0.1, -0.05) is 17.7 Å². The molecule has 0 atom stereocenters. The average Bonchev–Trinajstić information content (AvgIpc) is 3.13. The second-order valence-corrected chi connectivity index (χ2v) is 7.22. The van der Waals surface area contributed by atoms with Crippen molar-refractivity contribution in [2.75, 3.05) is 0 Å². The zero-order valence-electron chi connectivity index (χ0n) is 12.2. The molecule has 3 aromatic rings. The Bertz CT molecular complexity index is 846. The van der Waals surface area contributed by atoms with Gasteiger partial charge in [0.2, 0.25) is 0 Å². The predicted molar refractivity (Wildman–Crippen MR) is 86.5 cm³/mol. The molecule has 0 aromatic carbocycles. The Morgan fingerprint density at radius 2 is 2.12 bits per heavy atom. The highest BCUT2D eigenvalue weighted by Gasteiger charge is 2.31. The van der Waals surface area contributed by atoms with Gasteiger partial charge in [0.15, 0.2) is 5.16 Å². The largest absolute Gasteiger partial charge is 0.417 e. The molecule has 0 unspecified atom stereocenters. The highest BCUT2D eigenvalue weighted by Crippen LogP contribution is 2.35. The van der Waals surface area contributed by atoms with E-state index in [0.717, 1.165) is 34.7 Å². The minimum absolute atomic E-state index is 0.0716. The van der Waals surface area contributed by atoms with Gasteiger partial charge in [-0.25, -0.2) is 4.98 Å². The molecule has 0 N–H and O–H groups in total. The van der Waals surface area contributed by atoms with Gasteiger partial charge in [0, 0.05) is 24.5 Å². The normalized spacial score (nSPS) is 11.9. The van der Waals surface area contributed by atoms with Crippen LogP contribution in [0.3, 0.4) is 0 Å². The van der Waals surface area contributed by atoms with Crippen LogP contribution in [0.4, 0.5) is 13.2 Å². The van der Waals surface area contributed by atoms with E-state index in [1.54, 1.807) is 23.0 Å². The quantitative estimate of drug-likeness (QED) is 0.648. The minimum atomic E-state index is -4.47. The van der Waals surface area contributed by atoms with Crippen molar-refractivity contribution in [3.8, 4) is 0 Å². The van der Waals surface area contributed by atoms with Crippen LogP contribution in [0.5, 0.6) is 0 Å². The van der Waals surface area contributed by atoms with Crippen molar-refractivity contribution in [3.63, 3.8) is 0 Å². The summed E-state index contributed by atoms with van der Waals surface area (Å²) in [6.07, 6.45) is -3.08. The molecular formula is C14H10ClF3N4S2. The first kappa shape index (κ1) is 17.2. The molecule has 0 spiro atoms. The molecule has 3 rings (SSSR count). The lowest BCUT2D eigenvalue weighted by Crippen LogP contribution is -2.05. The maximum atomic E-state index is 12.6. The van der Waals surface area contributed by atoms with E-state index < -0.39 is 11.7 Å². The number of aromatic nitrogens is 4. The Morgan fingerprint density at radius 1 is 1.33 bits per heavy atom. The topological polar surface area (TPSA) is 43.6 Å². The third-order valence-corrected chi connectivity index (χ3v) is 5.49. The SMILES string of the molecule is Cn1c(Cc2cccs2)nnc1Sc1ncc(C(F)(F)F)cc1Cl. The molecule has 0 fully saturated rings. The molecule has 126 valence electrons. The summed E-state index contributed by atoms with van der Waals surface area (Å²) in [6.45, 7) is 0. The van der Waals surface area contributed by atoms with E-state index in [4.69, 9.17) is 11.6 Å². The van der Waals surface area contributed by atoms with Crippen molar-refractivity contribution in [1.82, 2.24) is 19.7 Å². The Kier molecular flexibility index (Phi) is 4.84. The number of pyridine rings is 1. The maximum absolute atomic E-state index is 12.6. The third-order valence-electron chi connectivity index (χ3n) is 3.16. The molecule has 3 aromatic heterocycles. The molecule has 0 bridgehead atoms. The molecule has 10 heteroatoms. The van der Waals surface area contributed by atoms with Gasteiger partial charge >= 0.3 is 6.18 Å². The van der Waals surface area contributed by atoms with E-state index in [2.05, 4.69) is 15.2 Å². The van der Waals surface area contributed by atoms with Gasteiger partial charge in [0.1, 0.15) is 10.9 Å². The summed E-state index contributed by atoms with van der Waals surface area (Å²) in [5, 5.41) is 10.9. The van der Waals surface area contributed by atoms with E-state index >= 15 is 0 Å². The van der Waals surface area contributed by atoms with Crippen molar-refractivity contribution in [2.45, 2.75) is 22.8 Å². The Hall–Kier alpha value is -1.58. The fraction of sp³-hybridized carbons (Fsp3) is 0.214. The molecule has 4 nitrogen and oxygen atoms in total. The first-order valence-corrected chi connectivity index (χ1v) is 8.73. The summed E-state index contributed by atoms with van der Waals surface area (Å²) >= 11 is 8.61. The number of rotatable bonds is 4. The van der Waals surface area contributed by atoms with Gasteiger partial charge in [-0.05, 0) is 29.3 Å². The first-order valence-electron chi connectivity index (χ1n) is 6.66. The van der Waals surface area contributed by atoms with Crippen LogP contribution >= 0.6 is 34.7 Å². The first-order chi connectivity index (χ1) is 11.3.